The molecule has 1 aromatic carbocycles. The van der Waals surface area contributed by atoms with E-state index in [1.807, 2.05) is 0 Å². The summed E-state index contributed by atoms with van der Waals surface area (Å²) in [7, 11) is 0. The van der Waals surface area contributed by atoms with Crippen LogP contribution in [0.3, 0.4) is 0 Å². The summed E-state index contributed by atoms with van der Waals surface area (Å²) in [5, 5.41) is 0.963. The Morgan fingerprint density at radius 3 is 2.64 bits per heavy atom. The average molecular weight is 384 g/mol. The number of nitrogens with zero attached hydrogens (tertiary/aromatic N) is 2. The molecule has 2 saturated heterocycles. The smallest absolute Gasteiger partial charge is 0.239 e. The Morgan fingerprint density at radius 2 is 1.96 bits per heavy atom. The van der Waals surface area contributed by atoms with Crippen LogP contribution in [0.5, 0.6) is 0 Å². The summed E-state index contributed by atoms with van der Waals surface area (Å²) in [6, 6.07) is 5.07. The van der Waals surface area contributed by atoms with Gasteiger partial charge in [-0.3, -0.25) is 9.59 Å². The van der Waals surface area contributed by atoms with Gasteiger partial charge in [0.2, 0.25) is 11.8 Å². The van der Waals surface area contributed by atoms with E-state index >= 15 is 0 Å². The average Bonchev–Trinajstić information content (AvgIpc) is 2.93. The lowest BCUT2D eigenvalue weighted by Gasteiger charge is -2.43. The number of anilines is 1. The minimum atomic E-state index is -0.653. The Morgan fingerprint density at radius 1 is 1.24 bits per heavy atom. The molecule has 5 nitrogen and oxygen atoms in total. The topological polar surface area (TPSA) is 66.6 Å². The first-order chi connectivity index (χ1) is 11.7. The van der Waals surface area contributed by atoms with E-state index in [2.05, 4.69) is 13.8 Å². The maximum absolute atomic E-state index is 12.9. The van der Waals surface area contributed by atoms with Crippen molar-refractivity contribution in [2.45, 2.75) is 32.7 Å². The number of amides is 2. The van der Waals surface area contributed by atoms with E-state index in [9.17, 15) is 9.59 Å². The van der Waals surface area contributed by atoms with Crippen molar-refractivity contribution in [1.29, 1.82) is 0 Å². The molecule has 25 heavy (non-hydrogen) atoms. The van der Waals surface area contributed by atoms with Gasteiger partial charge < -0.3 is 15.5 Å². The Balaban J connectivity index is 1.76. The van der Waals surface area contributed by atoms with E-state index in [0.717, 1.165) is 6.42 Å². The third-order valence-electron chi connectivity index (χ3n) is 5.33. The van der Waals surface area contributed by atoms with Crippen molar-refractivity contribution >= 4 is 40.7 Å². The van der Waals surface area contributed by atoms with Gasteiger partial charge in [-0.1, -0.05) is 37.0 Å². The monoisotopic (exact) mass is 383 g/mol. The van der Waals surface area contributed by atoms with Crippen LogP contribution in [0, 0.1) is 11.3 Å². The van der Waals surface area contributed by atoms with Crippen LogP contribution < -0.4 is 10.6 Å². The van der Waals surface area contributed by atoms with Gasteiger partial charge in [-0.2, -0.15) is 0 Å². The number of rotatable bonds is 2. The van der Waals surface area contributed by atoms with Gasteiger partial charge in [0.05, 0.1) is 10.7 Å². The number of hydrogen-bond acceptors (Lipinski definition) is 3. The van der Waals surface area contributed by atoms with E-state index in [4.69, 9.17) is 28.9 Å². The van der Waals surface area contributed by atoms with Crippen LogP contribution in [0.2, 0.25) is 10.0 Å². The largest absolute Gasteiger partial charge is 0.341 e. The molecule has 0 saturated carbocycles. The fraction of sp³-hybridized carbons (Fsp3) is 0.556. The maximum atomic E-state index is 12.9. The van der Waals surface area contributed by atoms with Gasteiger partial charge in [-0.15, -0.1) is 0 Å². The van der Waals surface area contributed by atoms with E-state index < -0.39 is 5.92 Å². The molecule has 2 fully saturated rings. The predicted octanol–water partition coefficient (Wildman–Crippen LogP) is 2.93. The number of piperidine rings is 1. The highest BCUT2D eigenvalue weighted by molar-refractivity contribution is 6.36. The third-order valence-corrected chi connectivity index (χ3v) is 5.88. The summed E-state index contributed by atoms with van der Waals surface area (Å²) >= 11 is 12.2. The van der Waals surface area contributed by atoms with Crippen molar-refractivity contribution in [2.24, 2.45) is 17.1 Å². The lowest BCUT2D eigenvalue weighted by Crippen LogP contribution is -2.55. The van der Waals surface area contributed by atoms with Gasteiger partial charge >= 0.3 is 0 Å². The van der Waals surface area contributed by atoms with Crippen LogP contribution in [-0.2, 0) is 9.59 Å². The summed E-state index contributed by atoms with van der Waals surface area (Å²) in [5.41, 5.74) is 6.56. The van der Waals surface area contributed by atoms with Crippen LogP contribution in [0.25, 0.3) is 0 Å². The molecule has 0 spiro atoms. The molecule has 2 unspecified atom stereocenters. The van der Waals surface area contributed by atoms with Gasteiger partial charge in [0, 0.05) is 30.7 Å². The molecular formula is C18H23Cl2N3O2. The number of halogens is 2. The fourth-order valence-electron chi connectivity index (χ4n) is 3.62. The van der Waals surface area contributed by atoms with E-state index in [-0.39, 0.29) is 23.3 Å². The van der Waals surface area contributed by atoms with Gasteiger partial charge in [0.25, 0.3) is 0 Å². The van der Waals surface area contributed by atoms with Crippen LogP contribution in [0.4, 0.5) is 5.69 Å². The molecule has 3 rings (SSSR count). The quantitative estimate of drug-likeness (QED) is 0.798. The number of carbonyl (C=O) groups excluding carboxylic acids is 2. The number of likely N-dealkylation sites (tertiary alicyclic amines) is 1. The second-order valence-electron chi connectivity index (χ2n) is 7.57. The summed E-state index contributed by atoms with van der Waals surface area (Å²) in [5.74, 6) is -0.965. The summed E-state index contributed by atoms with van der Waals surface area (Å²) in [6.07, 6.45) is 1.24. The Labute approximate surface area is 158 Å². The molecule has 2 aliphatic heterocycles. The molecular weight excluding hydrogens is 361 g/mol. The van der Waals surface area contributed by atoms with Crippen molar-refractivity contribution in [3.8, 4) is 0 Å². The fourth-order valence-corrected chi connectivity index (χ4v) is 4.01. The molecule has 2 heterocycles. The Hall–Kier alpha value is -1.30. The van der Waals surface area contributed by atoms with Crippen molar-refractivity contribution in [1.82, 2.24) is 4.90 Å². The molecule has 2 N–H and O–H groups in total. The number of carbonyl (C=O) groups is 2. The summed E-state index contributed by atoms with van der Waals surface area (Å²) < 4.78 is 0. The normalized spacial score (nSPS) is 26.2. The van der Waals surface area contributed by atoms with Crippen LogP contribution >= 0.6 is 23.2 Å². The first-order valence-corrected chi connectivity index (χ1v) is 9.27. The standard InChI is InChI=1S/C18H23Cl2N3O2/c1-18(2)10-22(7-6-15(18)21)16(24)12-5-8-23(17(12)25)14-9-11(19)3-4-13(14)20/h3-4,9,12,15H,5-8,10,21H2,1-2H3. The number of benzene rings is 1. The van der Waals surface area contributed by atoms with E-state index in [0.29, 0.717) is 41.8 Å². The predicted molar refractivity (Wildman–Crippen MR) is 99.9 cm³/mol. The van der Waals surface area contributed by atoms with E-state index in [1.165, 1.54) is 0 Å². The third kappa shape index (κ3) is 3.50. The van der Waals surface area contributed by atoms with Gasteiger partial charge in [-0.05, 0) is 36.5 Å². The van der Waals surface area contributed by atoms with Crippen molar-refractivity contribution < 1.29 is 9.59 Å². The first-order valence-electron chi connectivity index (χ1n) is 8.51. The molecule has 1 aromatic rings. The summed E-state index contributed by atoms with van der Waals surface area (Å²) in [4.78, 5) is 29.1. The molecule has 2 amide bonds. The zero-order valence-corrected chi connectivity index (χ0v) is 16.0. The second kappa shape index (κ2) is 6.78. The molecule has 0 aromatic heterocycles. The highest BCUT2D eigenvalue weighted by Crippen LogP contribution is 2.35. The minimum Gasteiger partial charge on any atom is -0.341 e. The lowest BCUT2D eigenvalue weighted by molar-refractivity contribution is -0.142. The van der Waals surface area contributed by atoms with Crippen molar-refractivity contribution in [3.05, 3.63) is 28.2 Å². The molecule has 0 radical (unpaired) electrons. The van der Waals surface area contributed by atoms with Crippen LogP contribution in [0.15, 0.2) is 18.2 Å². The maximum Gasteiger partial charge on any atom is 0.239 e. The number of nitrogens with two attached hydrogens (primary N) is 1. The lowest BCUT2D eigenvalue weighted by atomic mass is 9.79. The van der Waals surface area contributed by atoms with Gasteiger partial charge in [0.15, 0.2) is 0 Å². The zero-order chi connectivity index (χ0) is 18.4. The Bertz CT molecular complexity index is 708. The molecule has 2 aliphatic rings. The first kappa shape index (κ1) is 18.5. The van der Waals surface area contributed by atoms with Crippen LogP contribution in [-0.4, -0.2) is 42.4 Å². The SMILES string of the molecule is CC1(C)CN(C(=O)C2CCN(c3cc(Cl)ccc3Cl)C2=O)CCC1N. The van der Waals surface area contributed by atoms with Crippen LogP contribution in [0.1, 0.15) is 26.7 Å². The highest BCUT2D eigenvalue weighted by atomic mass is 35.5. The summed E-state index contributed by atoms with van der Waals surface area (Å²) in [6.45, 7) is 5.77. The molecule has 7 heteroatoms. The second-order valence-corrected chi connectivity index (χ2v) is 8.41. The Kier molecular flexibility index (Phi) is 5.02. The molecule has 2 atom stereocenters. The van der Waals surface area contributed by atoms with Gasteiger partial charge in [-0.25, -0.2) is 0 Å². The van der Waals surface area contributed by atoms with Gasteiger partial charge in [0.1, 0.15) is 5.92 Å². The van der Waals surface area contributed by atoms with Crippen molar-refractivity contribution in [2.75, 3.05) is 24.5 Å². The highest BCUT2D eigenvalue weighted by Gasteiger charge is 2.43. The van der Waals surface area contributed by atoms with E-state index in [1.54, 1.807) is 28.0 Å². The number of hydrogen-bond donors (Lipinski definition) is 1. The minimum absolute atomic E-state index is 0.0672. The van der Waals surface area contributed by atoms with Crippen molar-refractivity contribution in [3.63, 3.8) is 0 Å². The zero-order valence-electron chi connectivity index (χ0n) is 14.5. The molecule has 0 aliphatic carbocycles. The molecule has 0 bridgehead atoms. The molecule has 136 valence electrons.